The van der Waals surface area contributed by atoms with Gasteiger partial charge in [-0.1, -0.05) is 12.8 Å². The van der Waals surface area contributed by atoms with Gasteiger partial charge in [0.05, 0.1) is 17.8 Å². The highest BCUT2D eigenvalue weighted by Gasteiger charge is 2.40. The van der Waals surface area contributed by atoms with Crippen molar-refractivity contribution in [1.29, 1.82) is 0 Å². The number of hydrogen-bond donors (Lipinski definition) is 1. The summed E-state index contributed by atoms with van der Waals surface area (Å²) in [5.74, 6) is 1.28. The quantitative estimate of drug-likeness (QED) is 0.665. The third-order valence-corrected chi connectivity index (χ3v) is 5.48. The topological polar surface area (TPSA) is 81.9 Å². The van der Waals surface area contributed by atoms with Gasteiger partial charge in [0.25, 0.3) is 0 Å². The fraction of sp³-hybridized carbons (Fsp3) is 0.529. The van der Waals surface area contributed by atoms with Gasteiger partial charge in [-0.15, -0.1) is 0 Å². The predicted octanol–water partition coefficient (Wildman–Crippen LogP) is 3.23. The van der Waals surface area contributed by atoms with Crippen LogP contribution in [0.4, 0.5) is 5.82 Å². The van der Waals surface area contributed by atoms with Gasteiger partial charge in [-0.05, 0) is 42.7 Å². The Morgan fingerprint density at radius 1 is 1.32 bits per heavy atom. The highest BCUT2D eigenvalue weighted by atomic mass is 35.5. The van der Waals surface area contributed by atoms with E-state index in [4.69, 9.17) is 16.4 Å². The summed E-state index contributed by atoms with van der Waals surface area (Å²) in [4.78, 5) is 26.0. The number of anilines is 1. The minimum Gasteiger partial charge on any atom is -0.342 e. The molecule has 132 valence electrons. The van der Waals surface area contributed by atoms with Crippen molar-refractivity contribution in [3.8, 4) is 11.3 Å². The summed E-state index contributed by atoms with van der Waals surface area (Å²) in [6.07, 6.45) is 9.22. The Kier molecular flexibility index (Phi) is 4.33. The summed E-state index contributed by atoms with van der Waals surface area (Å²) in [5.41, 5.74) is 4.07. The highest BCUT2D eigenvalue weighted by Crippen LogP contribution is 2.45. The third kappa shape index (κ3) is 3.46. The molecule has 0 aromatic carbocycles. The molecule has 2 heterocycles. The Bertz CT molecular complexity index is 785. The summed E-state index contributed by atoms with van der Waals surface area (Å²) in [6, 6.07) is 1.68. The first kappa shape index (κ1) is 16.3. The van der Waals surface area contributed by atoms with Crippen LogP contribution in [-0.2, 0) is 16.7 Å². The second-order valence-corrected chi connectivity index (χ2v) is 7.29. The first-order chi connectivity index (χ1) is 12.1. The van der Waals surface area contributed by atoms with E-state index in [0.29, 0.717) is 23.3 Å². The number of carbonyl (C=O) groups excluding carboxylic acids is 1. The zero-order valence-electron chi connectivity index (χ0n) is 14.0. The third-order valence-electron chi connectivity index (χ3n) is 5.31. The molecule has 3 aliphatic carbocycles. The van der Waals surface area contributed by atoms with Crippen LogP contribution in [0, 0.1) is 17.8 Å². The average molecular weight is 362 g/mol. The van der Waals surface area contributed by atoms with Crippen LogP contribution in [0.5, 0.6) is 0 Å². The minimum atomic E-state index is -0.202. The van der Waals surface area contributed by atoms with Crippen molar-refractivity contribution in [2.75, 3.05) is 5.48 Å². The smallest absolute Gasteiger partial charge is 0.335 e. The lowest BCUT2D eigenvalue weighted by atomic mass is 9.65. The molecule has 0 amide bonds. The molecule has 2 aromatic heterocycles. The van der Waals surface area contributed by atoms with Crippen molar-refractivity contribution >= 4 is 23.4 Å². The standard InChI is InChI=1S/C17H20ClN5O2/c1-23-9-12(8-19-23)14-7-15(21-17(18)20-14)22-25-16(24)13-6-10-2-4-11(13)5-3-10/h7-11,13H,2-6H2,1H3,(H,20,21,22). The molecule has 3 aliphatic rings. The molecular weight excluding hydrogens is 342 g/mol. The van der Waals surface area contributed by atoms with Crippen LogP contribution in [0.2, 0.25) is 5.28 Å². The number of aromatic nitrogens is 4. The summed E-state index contributed by atoms with van der Waals surface area (Å²) < 4.78 is 1.68. The Hall–Kier alpha value is -2.15. The number of aryl methyl sites for hydroxylation is 1. The van der Waals surface area contributed by atoms with Gasteiger partial charge in [0, 0.05) is 24.9 Å². The van der Waals surface area contributed by atoms with Gasteiger partial charge in [0.2, 0.25) is 5.28 Å². The summed E-state index contributed by atoms with van der Waals surface area (Å²) >= 11 is 5.99. The molecule has 0 spiro atoms. The fourth-order valence-corrected chi connectivity index (χ4v) is 4.20. The number of nitrogens with zero attached hydrogens (tertiary/aromatic N) is 4. The Balaban J connectivity index is 1.44. The molecule has 0 aliphatic heterocycles. The summed E-state index contributed by atoms with van der Waals surface area (Å²) in [5, 5.41) is 4.20. The van der Waals surface area contributed by atoms with Gasteiger partial charge in [0.15, 0.2) is 5.82 Å². The van der Waals surface area contributed by atoms with Crippen molar-refractivity contribution in [3.05, 3.63) is 23.7 Å². The number of nitrogens with one attached hydrogen (secondary N) is 1. The molecule has 1 N–H and O–H groups in total. The van der Waals surface area contributed by atoms with Crippen molar-refractivity contribution in [3.63, 3.8) is 0 Å². The van der Waals surface area contributed by atoms with Gasteiger partial charge >= 0.3 is 5.97 Å². The number of fused-ring (bicyclic) bond motifs is 3. The van der Waals surface area contributed by atoms with E-state index in [-0.39, 0.29) is 17.2 Å². The lowest BCUT2D eigenvalue weighted by Crippen LogP contribution is -2.37. The number of halogens is 1. The maximum Gasteiger partial charge on any atom is 0.335 e. The normalized spacial score (nSPS) is 25.0. The van der Waals surface area contributed by atoms with Crippen molar-refractivity contribution < 1.29 is 9.63 Å². The SMILES string of the molecule is Cn1cc(-c2cc(NOC(=O)C3CC4CCC3CC4)nc(Cl)n2)cn1. The van der Waals surface area contributed by atoms with E-state index in [1.807, 2.05) is 13.2 Å². The maximum atomic E-state index is 12.4. The Morgan fingerprint density at radius 3 is 2.76 bits per heavy atom. The molecule has 2 bridgehead atoms. The summed E-state index contributed by atoms with van der Waals surface area (Å²) in [7, 11) is 1.82. The molecule has 0 radical (unpaired) electrons. The minimum absolute atomic E-state index is 0.00453. The van der Waals surface area contributed by atoms with E-state index < -0.39 is 0 Å². The first-order valence-electron chi connectivity index (χ1n) is 8.59. The van der Waals surface area contributed by atoms with E-state index in [1.165, 1.54) is 12.8 Å². The lowest BCUT2D eigenvalue weighted by Gasteiger charge is -2.40. The van der Waals surface area contributed by atoms with Crippen LogP contribution < -0.4 is 5.48 Å². The number of rotatable bonds is 4. The number of hydrogen-bond acceptors (Lipinski definition) is 6. The van der Waals surface area contributed by atoms with E-state index in [2.05, 4.69) is 20.5 Å². The molecule has 3 saturated carbocycles. The van der Waals surface area contributed by atoms with Crippen LogP contribution in [-0.4, -0.2) is 25.7 Å². The molecule has 3 fully saturated rings. The zero-order chi connectivity index (χ0) is 17.4. The molecular formula is C17H20ClN5O2. The molecule has 1 atom stereocenters. The van der Waals surface area contributed by atoms with Crippen LogP contribution in [0.15, 0.2) is 18.5 Å². The van der Waals surface area contributed by atoms with E-state index in [1.54, 1.807) is 16.9 Å². The van der Waals surface area contributed by atoms with E-state index >= 15 is 0 Å². The first-order valence-corrected chi connectivity index (χ1v) is 8.96. The van der Waals surface area contributed by atoms with E-state index in [0.717, 1.165) is 24.8 Å². The summed E-state index contributed by atoms with van der Waals surface area (Å²) in [6.45, 7) is 0. The Labute approximate surface area is 150 Å². The van der Waals surface area contributed by atoms with Crippen molar-refractivity contribution in [1.82, 2.24) is 19.7 Å². The van der Waals surface area contributed by atoms with Gasteiger partial charge in [-0.2, -0.15) is 10.1 Å². The van der Waals surface area contributed by atoms with Crippen molar-refractivity contribution in [2.45, 2.75) is 32.1 Å². The monoisotopic (exact) mass is 361 g/mol. The van der Waals surface area contributed by atoms with Gasteiger partial charge in [-0.3, -0.25) is 4.68 Å². The molecule has 7 nitrogen and oxygen atoms in total. The molecule has 0 saturated heterocycles. The molecule has 5 rings (SSSR count). The second-order valence-electron chi connectivity index (χ2n) is 6.96. The zero-order valence-corrected chi connectivity index (χ0v) is 14.7. The van der Waals surface area contributed by atoms with Crippen LogP contribution in [0.1, 0.15) is 32.1 Å². The molecule has 25 heavy (non-hydrogen) atoms. The largest absolute Gasteiger partial charge is 0.342 e. The van der Waals surface area contributed by atoms with Crippen molar-refractivity contribution in [2.24, 2.45) is 24.8 Å². The lowest BCUT2D eigenvalue weighted by molar-refractivity contribution is -0.151. The van der Waals surface area contributed by atoms with Crippen LogP contribution >= 0.6 is 11.6 Å². The van der Waals surface area contributed by atoms with E-state index in [9.17, 15) is 4.79 Å². The van der Waals surface area contributed by atoms with Gasteiger partial charge in [-0.25, -0.2) is 15.3 Å². The highest BCUT2D eigenvalue weighted by molar-refractivity contribution is 6.28. The Morgan fingerprint density at radius 2 is 2.12 bits per heavy atom. The number of carbonyl (C=O) groups is 1. The second kappa shape index (κ2) is 6.63. The van der Waals surface area contributed by atoms with Crippen LogP contribution in [0.25, 0.3) is 11.3 Å². The molecule has 2 aromatic rings. The average Bonchev–Trinajstić information content (AvgIpc) is 3.07. The van der Waals surface area contributed by atoms with Gasteiger partial charge < -0.3 is 4.84 Å². The fourth-order valence-electron chi connectivity index (χ4n) is 4.02. The molecule has 1 unspecified atom stereocenters. The van der Waals surface area contributed by atoms with Gasteiger partial charge in [0.1, 0.15) is 0 Å². The maximum absolute atomic E-state index is 12.4. The van der Waals surface area contributed by atoms with Crippen LogP contribution in [0.3, 0.4) is 0 Å². The molecule has 8 heteroatoms. The predicted molar refractivity (Wildman–Crippen MR) is 92.5 cm³/mol.